The van der Waals surface area contributed by atoms with Gasteiger partial charge in [-0.15, -0.1) is 0 Å². The number of nitriles is 1. The molecule has 0 saturated heterocycles. The number of hydrogen-bond donors (Lipinski definition) is 1. The normalized spacial score (nSPS) is 11.8. The summed E-state index contributed by atoms with van der Waals surface area (Å²) in [5.41, 5.74) is 2.30. The highest BCUT2D eigenvalue weighted by molar-refractivity contribution is 5.30. The number of rotatable bonds is 4. The van der Waals surface area contributed by atoms with Gasteiger partial charge in [0.05, 0.1) is 0 Å². The van der Waals surface area contributed by atoms with E-state index in [-0.39, 0.29) is 11.9 Å². The Morgan fingerprint density at radius 3 is 2.74 bits per heavy atom. The number of hydrogen-bond acceptors (Lipinski definition) is 3. The monoisotopic (exact) mass is 255 g/mol. The van der Waals surface area contributed by atoms with Gasteiger partial charge in [0.25, 0.3) is 0 Å². The van der Waals surface area contributed by atoms with E-state index >= 15 is 0 Å². The summed E-state index contributed by atoms with van der Waals surface area (Å²) >= 11 is 0. The summed E-state index contributed by atoms with van der Waals surface area (Å²) in [5, 5.41) is 12.2. The van der Waals surface area contributed by atoms with Crippen molar-refractivity contribution in [1.29, 1.82) is 5.26 Å². The third-order valence-corrected chi connectivity index (χ3v) is 2.97. The van der Waals surface area contributed by atoms with Crippen molar-refractivity contribution in [3.05, 3.63) is 65.2 Å². The first-order valence-corrected chi connectivity index (χ1v) is 6.03. The van der Waals surface area contributed by atoms with E-state index < -0.39 is 0 Å². The van der Waals surface area contributed by atoms with Crippen molar-refractivity contribution in [2.45, 2.75) is 19.5 Å². The van der Waals surface area contributed by atoms with E-state index in [0.717, 1.165) is 11.1 Å². The van der Waals surface area contributed by atoms with Gasteiger partial charge in [0.1, 0.15) is 17.6 Å². The zero-order chi connectivity index (χ0) is 13.7. The van der Waals surface area contributed by atoms with Gasteiger partial charge in [-0.1, -0.05) is 18.2 Å². The minimum Gasteiger partial charge on any atom is -0.306 e. The first kappa shape index (κ1) is 13.2. The summed E-state index contributed by atoms with van der Waals surface area (Å²) in [7, 11) is 0. The van der Waals surface area contributed by atoms with E-state index in [1.54, 1.807) is 24.4 Å². The van der Waals surface area contributed by atoms with E-state index in [0.29, 0.717) is 12.2 Å². The quantitative estimate of drug-likeness (QED) is 0.913. The fourth-order valence-corrected chi connectivity index (χ4v) is 1.81. The lowest BCUT2D eigenvalue weighted by Crippen LogP contribution is -2.18. The predicted octanol–water partition coefficient (Wildman–Crippen LogP) is 2.94. The van der Waals surface area contributed by atoms with E-state index in [1.165, 1.54) is 12.1 Å². The Balaban J connectivity index is 2.02. The fourth-order valence-electron chi connectivity index (χ4n) is 1.81. The summed E-state index contributed by atoms with van der Waals surface area (Å²) in [6.07, 6.45) is 1.60. The third kappa shape index (κ3) is 3.36. The Morgan fingerprint density at radius 2 is 2.05 bits per heavy atom. The number of pyridine rings is 1. The van der Waals surface area contributed by atoms with Gasteiger partial charge >= 0.3 is 0 Å². The SMILES string of the molecule is CC(NCc1cccnc1C#N)c1ccc(F)cc1. The molecule has 0 saturated carbocycles. The van der Waals surface area contributed by atoms with Crippen molar-refractivity contribution in [2.75, 3.05) is 0 Å². The second kappa shape index (κ2) is 6.07. The van der Waals surface area contributed by atoms with Crippen LogP contribution in [0.3, 0.4) is 0 Å². The molecule has 0 aliphatic rings. The number of nitrogens with one attached hydrogen (secondary N) is 1. The second-order valence-corrected chi connectivity index (χ2v) is 4.28. The molecule has 1 aromatic heterocycles. The highest BCUT2D eigenvalue weighted by atomic mass is 19.1. The molecule has 0 aliphatic carbocycles. The van der Waals surface area contributed by atoms with Crippen molar-refractivity contribution in [2.24, 2.45) is 0 Å². The van der Waals surface area contributed by atoms with Crippen molar-refractivity contribution in [1.82, 2.24) is 10.3 Å². The van der Waals surface area contributed by atoms with Crippen LogP contribution in [0.25, 0.3) is 0 Å². The van der Waals surface area contributed by atoms with E-state index in [4.69, 9.17) is 5.26 Å². The molecule has 2 rings (SSSR count). The minimum absolute atomic E-state index is 0.0762. The van der Waals surface area contributed by atoms with Crippen LogP contribution in [0.15, 0.2) is 42.6 Å². The van der Waals surface area contributed by atoms with Gasteiger partial charge in [-0.25, -0.2) is 9.37 Å². The van der Waals surface area contributed by atoms with Crippen LogP contribution in [-0.4, -0.2) is 4.98 Å². The molecule has 1 unspecified atom stereocenters. The Hall–Kier alpha value is -2.25. The van der Waals surface area contributed by atoms with E-state index in [9.17, 15) is 4.39 Å². The molecule has 96 valence electrons. The summed E-state index contributed by atoms with van der Waals surface area (Å²) in [6.45, 7) is 2.55. The molecular weight excluding hydrogens is 241 g/mol. The van der Waals surface area contributed by atoms with Crippen LogP contribution >= 0.6 is 0 Å². The van der Waals surface area contributed by atoms with Gasteiger partial charge < -0.3 is 5.32 Å². The second-order valence-electron chi connectivity index (χ2n) is 4.28. The highest BCUT2D eigenvalue weighted by Gasteiger charge is 2.07. The molecule has 2 aromatic rings. The highest BCUT2D eigenvalue weighted by Crippen LogP contribution is 2.14. The van der Waals surface area contributed by atoms with Crippen LogP contribution in [-0.2, 0) is 6.54 Å². The predicted molar refractivity (Wildman–Crippen MR) is 70.6 cm³/mol. The molecule has 3 nitrogen and oxygen atoms in total. The lowest BCUT2D eigenvalue weighted by molar-refractivity contribution is 0.569. The lowest BCUT2D eigenvalue weighted by Gasteiger charge is -2.14. The van der Waals surface area contributed by atoms with E-state index in [2.05, 4.69) is 16.4 Å². The van der Waals surface area contributed by atoms with Gasteiger partial charge in [0.2, 0.25) is 0 Å². The van der Waals surface area contributed by atoms with Crippen molar-refractivity contribution >= 4 is 0 Å². The largest absolute Gasteiger partial charge is 0.306 e. The molecule has 1 atom stereocenters. The maximum atomic E-state index is 12.8. The minimum atomic E-state index is -0.241. The molecule has 19 heavy (non-hydrogen) atoms. The number of benzene rings is 1. The Bertz CT molecular complexity index is 587. The molecule has 0 amide bonds. The smallest absolute Gasteiger partial charge is 0.144 e. The fraction of sp³-hybridized carbons (Fsp3) is 0.200. The standard InChI is InChI=1S/C15H14FN3/c1-11(12-4-6-14(16)7-5-12)19-10-13-3-2-8-18-15(13)9-17/h2-8,11,19H,10H2,1H3. The molecule has 1 aromatic carbocycles. The molecule has 0 aliphatic heterocycles. The summed E-state index contributed by atoms with van der Waals surface area (Å²) in [4.78, 5) is 4.01. The Labute approximate surface area is 111 Å². The van der Waals surface area contributed by atoms with Crippen LogP contribution < -0.4 is 5.32 Å². The van der Waals surface area contributed by atoms with E-state index in [1.807, 2.05) is 13.0 Å². The number of halogens is 1. The van der Waals surface area contributed by atoms with Gasteiger partial charge in [-0.05, 0) is 30.7 Å². The molecular formula is C15H14FN3. The average Bonchev–Trinajstić information content (AvgIpc) is 2.45. The first-order chi connectivity index (χ1) is 9.20. The average molecular weight is 255 g/mol. The van der Waals surface area contributed by atoms with Crippen molar-refractivity contribution in [3.8, 4) is 6.07 Å². The number of nitrogens with zero attached hydrogens (tertiary/aromatic N) is 2. The van der Waals surface area contributed by atoms with Crippen molar-refractivity contribution in [3.63, 3.8) is 0 Å². The van der Waals surface area contributed by atoms with Crippen LogP contribution in [0.2, 0.25) is 0 Å². The summed E-state index contributed by atoms with van der Waals surface area (Å²) in [6, 6.07) is 12.2. The zero-order valence-electron chi connectivity index (χ0n) is 10.6. The maximum Gasteiger partial charge on any atom is 0.144 e. The summed E-state index contributed by atoms with van der Waals surface area (Å²) in [5.74, 6) is -0.241. The van der Waals surface area contributed by atoms with Gasteiger partial charge in [-0.3, -0.25) is 0 Å². The number of aromatic nitrogens is 1. The molecule has 0 spiro atoms. The molecule has 1 N–H and O–H groups in total. The molecule has 4 heteroatoms. The third-order valence-electron chi connectivity index (χ3n) is 2.97. The first-order valence-electron chi connectivity index (χ1n) is 6.03. The zero-order valence-corrected chi connectivity index (χ0v) is 10.6. The van der Waals surface area contributed by atoms with Gasteiger partial charge in [-0.2, -0.15) is 5.26 Å². The van der Waals surface area contributed by atoms with Crippen molar-refractivity contribution < 1.29 is 4.39 Å². The Kier molecular flexibility index (Phi) is 4.22. The van der Waals surface area contributed by atoms with Crippen LogP contribution in [0.4, 0.5) is 4.39 Å². The maximum absolute atomic E-state index is 12.8. The molecule has 0 fully saturated rings. The van der Waals surface area contributed by atoms with Crippen LogP contribution in [0.5, 0.6) is 0 Å². The van der Waals surface area contributed by atoms with Gasteiger partial charge in [0, 0.05) is 24.3 Å². The van der Waals surface area contributed by atoms with Gasteiger partial charge in [0.15, 0.2) is 0 Å². The summed E-state index contributed by atoms with van der Waals surface area (Å²) < 4.78 is 12.8. The molecule has 0 bridgehead atoms. The molecule has 0 radical (unpaired) electrons. The lowest BCUT2D eigenvalue weighted by atomic mass is 10.1. The topological polar surface area (TPSA) is 48.7 Å². The Morgan fingerprint density at radius 1 is 1.32 bits per heavy atom. The molecule has 1 heterocycles. The van der Waals surface area contributed by atoms with Crippen LogP contribution in [0, 0.1) is 17.1 Å². The van der Waals surface area contributed by atoms with Crippen LogP contribution in [0.1, 0.15) is 29.8 Å².